The van der Waals surface area contributed by atoms with Crippen molar-refractivity contribution in [2.75, 3.05) is 5.01 Å². The molecule has 4 rings (SSSR count). The molecular weight excluding hydrogens is 339 g/mol. The maximum absolute atomic E-state index is 13.2. The first-order valence-corrected chi connectivity index (χ1v) is 9.43. The Morgan fingerprint density at radius 3 is 2.50 bits per heavy atom. The number of halogens is 1. The Labute approximate surface area is 148 Å². The number of nitrogens with zero attached hydrogens (tertiary/aromatic N) is 2. The van der Waals surface area contributed by atoms with Crippen LogP contribution in [-0.4, -0.2) is 5.71 Å². The molecule has 0 radical (unpaired) electrons. The summed E-state index contributed by atoms with van der Waals surface area (Å²) in [4.78, 5) is 2.48. The number of hydrogen-bond acceptors (Lipinski definition) is 4. The molecular formula is C19H15FN2S2. The van der Waals surface area contributed by atoms with E-state index in [1.807, 2.05) is 11.1 Å². The zero-order chi connectivity index (χ0) is 16.4. The van der Waals surface area contributed by atoms with Gasteiger partial charge in [-0.05, 0) is 59.3 Å². The summed E-state index contributed by atoms with van der Waals surface area (Å²) < 4.78 is 13.2. The number of allylic oxidation sites excluding steroid dienone is 1. The van der Waals surface area contributed by atoms with Gasteiger partial charge in [0.1, 0.15) is 5.82 Å². The Morgan fingerprint density at radius 2 is 1.79 bits per heavy atom. The first-order valence-electron chi connectivity index (χ1n) is 7.67. The summed E-state index contributed by atoms with van der Waals surface area (Å²) in [5, 5.41) is 10.9. The van der Waals surface area contributed by atoms with E-state index in [9.17, 15) is 4.39 Å². The molecule has 1 aliphatic rings. The highest BCUT2D eigenvalue weighted by molar-refractivity contribution is 7.10. The maximum Gasteiger partial charge on any atom is 0.123 e. The first-order chi connectivity index (χ1) is 11.8. The van der Waals surface area contributed by atoms with Gasteiger partial charge < -0.3 is 0 Å². The highest BCUT2D eigenvalue weighted by Crippen LogP contribution is 2.37. The normalized spacial score (nSPS) is 17.6. The van der Waals surface area contributed by atoms with Crippen molar-refractivity contribution in [3.63, 3.8) is 0 Å². The SMILES string of the molecule is Fc1ccc(N2N=C(/C=C\c3cccs3)C[C@@H]2c2cccs2)cc1. The van der Waals surface area contributed by atoms with E-state index in [-0.39, 0.29) is 11.9 Å². The van der Waals surface area contributed by atoms with Gasteiger partial charge in [0.2, 0.25) is 0 Å². The van der Waals surface area contributed by atoms with Crippen LogP contribution in [0.3, 0.4) is 0 Å². The molecule has 2 nitrogen and oxygen atoms in total. The van der Waals surface area contributed by atoms with E-state index in [2.05, 4.69) is 41.1 Å². The van der Waals surface area contributed by atoms with Crippen LogP contribution in [0.5, 0.6) is 0 Å². The third-order valence-corrected chi connectivity index (χ3v) is 5.69. The molecule has 2 aromatic heterocycles. The van der Waals surface area contributed by atoms with Crippen molar-refractivity contribution in [1.29, 1.82) is 0 Å². The smallest absolute Gasteiger partial charge is 0.123 e. The second kappa shape index (κ2) is 6.71. The molecule has 0 bridgehead atoms. The van der Waals surface area contributed by atoms with E-state index in [1.54, 1.807) is 34.8 Å². The average molecular weight is 354 g/mol. The molecule has 5 heteroatoms. The number of anilines is 1. The molecule has 1 aliphatic heterocycles. The second-order valence-corrected chi connectivity index (χ2v) is 7.45. The van der Waals surface area contributed by atoms with E-state index in [0.717, 1.165) is 17.8 Å². The minimum atomic E-state index is -0.229. The van der Waals surface area contributed by atoms with E-state index in [0.29, 0.717) is 0 Å². The predicted molar refractivity (Wildman–Crippen MR) is 101 cm³/mol. The van der Waals surface area contributed by atoms with Crippen LogP contribution < -0.4 is 5.01 Å². The Balaban J connectivity index is 1.64. The fourth-order valence-electron chi connectivity index (χ4n) is 2.73. The summed E-state index contributed by atoms with van der Waals surface area (Å²) in [6.45, 7) is 0. The Hall–Kier alpha value is -2.24. The van der Waals surface area contributed by atoms with E-state index < -0.39 is 0 Å². The fraction of sp³-hybridized carbons (Fsp3) is 0.105. The number of hydrogen-bond donors (Lipinski definition) is 0. The van der Waals surface area contributed by atoms with E-state index in [4.69, 9.17) is 5.10 Å². The number of hydrazone groups is 1. The van der Waals surface area contributed by atoms with Crippen LogP contribution in [0, 0.1) is 5.82 Å². The molecule has 120 valence electrons. The maximum atomic E-state index is 13.2. The van der Waals surface area contributed by atoms with Crippen LogP contribution in [0.25, 0.3) is 6.08 Å². The van der Waals surface area contributed by atoms with Crippen molar-refractivity contribution in [3.8, 4) is 0 Å². The summed E-state index contributed by atoms with van der Waals surface area (Å²) in [6.07, 6.45) is 5.03. The minimum absolute atomic E-state index is 0.165. The van der Waals surface area contributed by atoms with Gasteiger partial charge in [0, 0.05) is 16.2 Å². The van der Waals surface area contributed by atoms with Crippen molar-refractivity contribution < 1.29 is 4.39 Å². The monoisotopic (exact) mass is 354 g/mol. The van der Waals surface area contributed by atoms with Gasteiger partial charge in [0.15, 0.2) is 0 Å². The van der Waals surface area contributed by atoms with Crippen molar-refractivity contribution in [2.24, 2.45) is 5.10 Å². The Morgan fingerprint density at radius 1 is 1.00 bits per heavy atom. The van der Waals surface area contributed by atoms with Crippen molar-refractivity contribution in [3.05, 3.63) is 80.9 Å². The van der Waals surface area contributed by atoms with Gasteiger partial charge in [-0.1, -0.05) is 12.1 Å². The lowest BCUT2D eigenvalue weighted by Gasteiger charge is -2.22. The molecule has 0 amide bonds. The zero-order valence-corrected chi connectivity index (χ0v) is 14.4. The minimum Gasteiger partial charge on any atom is -0.257 e. The summed E-state index contributed by atoms with van der Waals surface area (Å²) >= 11 is 3.44. The standard InChI is InChI=1S/C19H15FN2S2/c20-14-5-8-16(9-6-14)22-18(19-4-2-12-24-19)13-15(21-22)7-10-17-3-1-11-23-17/h1-12,18H,13H2/b10-7-/t18-/m1/s1. The Bertz CT molecular complexity index is 849. The van der Waals surface area contributed by atoms with Crippen LogP contribution in [0.15, 0.2) is 70.5 Å². The van der Waals surface area contributed by atoms with Crippen molar-refractivity contribution in [2.45, 2.75) is 12.5 Å². The molecule has 3 heterocycles. The van der Waals surface area contributed by atoms with Crippen LogP contribution >= 0.6 is 22.7 Å². The van der Waals surface area contributed by atoms with Gasteiger partial charge in [-0.3, -0.25) is 5.01 Å². The fourth-order valence-corrected chi connectivity index (χ4v) is 4.16. The molecule has 3 aromatic rings. The van der Waals surface area contributed by atoms with E-state index in [1.165, 1.54) is 21.9 Å². The molecule has 24 heavy (non-hydrogen) atoms. The van der Waals surface area contributed by atoms with Gasteiger partial charge in [-0.2, -0.15) is 5.10 Å². The molecule has 1 atom stereocenters. The van der Waals surface area contributed by atoms with Gasteiger partial charge in [-0.25, -0.2) is 4.39 Å². The van der Waals surface area contributed by atoms with Crippen molar-refractivity contribution in [1.82, 2.24) is 0 Å². The Kier molecular flexibility index (Phi) is 4.28. The largest absolute Gasteiger partial charge is 0.257 e. The second-order valence-electron chi connectivity index (χ2n) is 5.50. The molecule has 0 aliphatic carbocycles. The number of rotatable bonds is 4. The summed E-state index contributed by atoms with van der Waals surface area (Å²) in [5.41, 5.74) is 1.94. The summed E-state index contributed by atoms with van der Waals surface area (Å²) in [7, 11) is 0. The van der Waals surface area contributed by atoms with Gasteiger partial charge in [0.25, 0.3) is 0 Å². The molecule has 0 saturated heterocycles. The lowest BCUT2D eigenvalue weighted by atomic mass is 10.1. The quantitative estimate of drug-likeness (QED) is 0.563. The predicted octanol–water partition coefficient (Wildman–Crippen LogP) is 5.97. The van der Waals surface area contributed by atoms with Crippen LogP contribution in [-0.2, 0) is 0 Å². The third-order valence-electron chi connectivity index (χ3n) is 3.88. The van der Waals surface area contributed by atoms with Gasteiger partial charge in [-0.15, -0.1) is 22.7 Å². The van der Waals surface area contributed by atoms with Gasteiger partial charge >= 0.3 is 0 Å². The van der Waals surface area contributed by atoms with Crippen LogP contribution in [0.2, 0.25) is 0 Å². The summed E-state index contributed by atoms with van der Waals surface area (Å²) in [5.74, 6) is -0.229. The third kappa shape index (κ3) is 3.18. The molecule has 0 spiro atoms. The van der Waals surface area contributed by atoms with E-state index >= 15 is 0 Å². The van der Waals surface area contributed by atoms with Crippen LogP contribution in [0.4, 0.5) is 10.1 Å². The molecule has 0 unspecified atom stereocenters. The van der Waals surface area contributed by atoms with Gasteiger partial charge in [0.05, 0.1) is 17.4 Å². The molecule has 1 aromatic carbocycles. The highest BCUT2D eigenvalue weighted by atomic mass is 32.1. The topological polar surface area (TPSA) is 15.6 Å². The molecule has 0 N–H and O–H groups in total. The summed E-state index contributed by atoms with van der Waals surface area (Å²) in [6, 6.07) is 15.0. The lowest BCUT2D eigenvalue weighted by molar-refractivity contribution is 0.626. The molecule has 0 saturated carbocycles. The zero-order valence-electron chi connectivity index (χ0n) is 12.8. The lowest BCUT2D eigenvalue weighted by Crippen LogP contribution is -2.17. The first kappa shape index (κ1) is 15.3. The average Bonchev–Trinajstić information content (AvgIpc) is 3.34. The van der Waals surface area contributed by atoms with Crippen LogP contribution in [0.1, 0.15) is 22.2 Å². The highest BCUT2D eigenvalue weighted by Gasteiger charge is 2.28. The molecule has 0 fully saturated rings. The number of benzene rings is 1. The number of thiophene rings is 2. The van der Waals surface area contributed by atoms with Crippen molar-refractivity contribution >= 4 is 40.1 Å².